The number of piperidine rings is 1. The standard InChI is InChI=1S/C27H31N5O2S/c1-2-3-4-6-21-18-24-20(17-25(35-24)26(33)30-31-15-16-31)11-14-32(21)27(34)23-8-5-7-22(29-23)19-9-12-28-13-10-19/h2-8,17,19,28H,1,9-16,18H2,(H,30,33)/b4-3-,21-6+. The Morgan fingerprint density at radius 3 is 2.77 bits per heavy atom. The van der Waals surface area contributed by atoms with E-state index in [1.807, 2.05) is 52.4 Å². The molecule has 0 bridgehead atoms. The van der Waals surface area contributed by atoms with Crippen LogP contribution in [0.25, 0.3) is 0 Å². The van der Waals surface area contributed by atoms with E-state index in [4.69, 9.17) is 4.98 Å². The first kappa shape index (κ1) is 23.7. The molecule has 35 heavy (non-hydrogen) atoms. The van der Waals surface area contributed by atoms with Crippen LogP contribution in [0.15, 0.2) is 60.8 Å². The highest BCUT2D eigenvalue weighted by Crippen LogP contribution is 2.31. The number of aromatic nitrogens is 1. The molecule has 3 aliphatic heterocycles. The van der Waals surface area contributed by atoms with Crippen LogP contribution in [0.2, 0.25) is 0 Å². The Kier molecular flexibility index (Phi) is 7.22. The number of nitrogens with zero attached hydrogens (tertiary/aromatic N) is 3. The van der Waals surface area contributed by atoms with E-state index in [0.717, 1.165) is 65.7 Å². The maximum Gasteiger partial charge on any atom is 0.276 e. The first-order chi connectivity index (χ1) is 17.1. The number of thiophene rings is 1. The summed E-state index contributed by atoms with van der Waals surface area (Å²) in [7, 11) is 0. The van der Waals surface area contributed by atoms with E-state index >= 15 is 0 Å². The highest BCUT2D eigenvalue weighted by molar-refractivity contribution is 7.14. The maximum atomic E-state index is 13.7. The molecule has 0 aromatic carbocycles. The number of hydrogen-bond acceptors (Lipinski definition) is 6. The average molecular weight is 490 g/mol. The number of nitrogens with one attached hydrogen (secondary N) is 2. The van der Waals surface area contributed by atoms with Crippen LogP contribution in [-0.4, -0.2) is 59.4 Å². The van der Waals surface area contributed by atoms with Gasteiger partial charge >= 0.3 is 0 Å². The molecule has 8 heteroatoms. The summed E-state index contributed by atoms with van der Waals surface area (Å²) in [6.45, 7) is 8.08. The molecule has 5 heterocycles. The maximum absolute atomic E-state index is 13.7. The van der Waals surface area contributed by atoms with Crippen molar-refractivity contribution in [3.63, 3.8) is 0 Å². The molecule has 2 aromatic heterocycles. The minimum atomic E-state index is -0.0753. The molecule has 7 nitrogen and oxygen atoms in total. The minimum Gasteiger partial charge on any atom is -0.317 e. The number of amides is 2. The molecule has 0 spiro atoms. The molecule has 3 aliphatic rings. The van der Waals surface area contributed by atoms with Crippen LogP contribution in [0.4, 0.5) is 0 Å². The van der Waals surface area contributed by atoms with E-state index in [-0.39, 0.29) is 11.8 Å². The lowest BCUT2D eigenvalue weighted by Gasteiger charge is -2.25. The topological polar surface area (TPSA) is 77.3 Å². The average Bonchev–Trinajstić information content (AvgIpc) is 3.65. The molecule has 2 fully saturated rings. The summed E-state index contributed by atoms with van der Waals surface area (Å²) in [5.41, 5.74) is 6.45. The lowest BCUT2D eigenvalue weighted by atomic mass is 9.94. The third-order valence-electron chi connectivity index (χ3n) is 6.65. The van der Waals surface area contributed by atoms with Crippen LogP contribution < -0.4 is 10.7 Å². The second-order valence-electron chi connectivity index (χ2n) is 9.12. The molecule has 0 atom stereocenters. The predicted octanol–water partition coefficient (Wildman–Crippen LogP) is 3.44. The zero-order valence-electron chi connectivity index (χ0n) is 19.8. The fourth-order valence-corrected chi connectivity index (χ4v) is 5.73. The van der Waals surface area contributed by atoms with Gasteiger partial charge in [-0.15, -0.1) is 11.3 Å². The summed E-state index contributed by atoms with van der Waals surface area (Å²) < 4.78 is 0. The van der Waals surface area contributed by atoms with Gasteiger partial charge in [0.25, 0.3) is 11.8 Å². The van der Waals surface area contributed by atoms with E-state index in [2.05, 4.69) is 17.3 Å². The first-order valence-corrected chi connectivity index (χ1v) is 13.1. The fourth-order valence-electron chi connectivity index (χ4n) is 4.62. The number of carbonyl (C=O) groups is 2. The van der Waals surface area contributed by atoms with Crippen molar-refractivity contribution in [2.45, 2.75) is 31.6 Å². The van der Waals surface area contributed by atoms with Crippen LogP contribution in [0.5, 0.6) is 0 Å². The first-order valence-electron chi connectivity index (χ1n) is 12.3. The van der Waals surface area contributed by atoms with E-state index in [0.29, 0.717) is 31.0 Å². The van der Waals surface area contributed by atoms with Gasteiger partial charge in [-0.3, -0.25) is 15.0 Å². The van der Waals surface area contributed by atoms with Crippen molar-refractivity contribution in [1.82, 2.24) is 25.6 Å². The number of fused-ring (bicyclic) bond motifs is 1. The summed E-state index contributed by atoms with van der Waals surface area (Å²) >= 11 is 1.52. The van der Waals surface area contributed by atoms with Gasteiger partial charge in [0.2, 0.25) is 0 Å². The third kappa shape index (κ3) is 5.61. The molecular weight excluding hydrogens is 458 g/mol. The van der Waals surface area contributed by atoms with Crippen molar-refractivity contribution < 1.29 is 9.59 Å². The number of hydrazine groups is 1. The van der Waals surface area contributed by atoms with Gasteiger partial charge in [-0.25, -0.2) is 9.99 Å². The normalized spacial score (nSPS) is 20.0. The molecule has 2 N–H and O–H groups in total. The predicted molar refractivity (Wildman–Crippen MR) is 138 cm³/mol. The van der Waals surface area contributed by atoms with Gasteiger partial charge in [-0.2, -0.15) is 0 Å². The van der Waals surface area contributed by atoms with Gasteiger partial charge in [-0.1, -0.05) is 30.9 Å². The van der Waals surface area contributed by atoms with Gasteiger partial charge in [0.1, 0.15) is 5.69 Å². The van der Waals surface area contributed by atoms with Gasteiger partial charge in [0, 0.05) is 48.2 Å². The summed E-state index contributed by atoms with van der Waals surface area (Å²) in [5, 5.41) is 5.28. The van der Waals surface area contributed by atoms with E-state index in [1.165, 1.54) is 11.3 Å². The van der Waals surface area contributed by atoms with Gasteiger partial charge in [0.05, 0.1) is 4.88 Å². The Hall–Kier alpha value is -3.07. The zero-order valence-corrected chi connectivity index (χ0v) is 20.7. The summed E-state index contributed by atoms with van der Waals surface area (Å²) in [6, 6.07) is 7.80. The van der Waals surface area contributed by atoms with E-state index in [9.17, 15) is 9.59 Å². The SMILES string of the molecule is C=C/C=C\C=C1/Cc2sc(C(=O)NN3CC3)cc2CCN1C(=O)c1cccc(C2CCNCC2)n1. The fraction of sp³-hybridized carbons (Fsp3) is 0.370. The van der Waals surface area contributed by atoms with Crippen LogP contribution >= 0.6 is 11.3 Å². The Morgan fingerprint density at radius 2 is 2.00 bits per heavy atom. The Balaban J connectivity index is 1.39. The Morgan fingerprint density at radius 1 is 1.17 bits per heavy atom. The van der Waals surface area contributed by atoms with Crippen LogP contribution in [0.3, 0.4) is 0 Å². The number of allylic oxidation sites excluding steroid dienone is 5. The van der Waals surface area contributed by atoms with Crippen molar-refractivity contribution in [3.8, 4) is 0 Å². The number of pyridine rings is 1. The molecule has 0 unspecified atom stereocenters. The van der Waals surface area contributed by atoms with Crippen molar-refractivity contribution in [1.29, 1.82) is 0 Å². The van der Waals surface area contributed by atoms with Crippen molar-refractivity contribution >= 4 is 23.2 Å². The van der Waals surface area contributed by atoms with E-state index in [1.54, 1.807) is 6.08 Å². The molecule has 0 saturated carbocycles. The van der Waals surface area contributed by atoms with Crippen molar-refractivity contribution in [2.24, 2.45) is 0 Å². The van der Waals surface area contributed by atoms with Crippen LogP contribution in [0.1, 0.15) is 55.1 Å². The van der Waals surface area contributed by atoms with Crippen LogP contribution in [0, 0.1) is 0 Å². The highest BCUT2D eigenvalue weighted by Gasteiger charge is 2.28. The van der Waals surface area contributed by atoms with Gasteiger partial charge in [0.15, 0.2) is 0 Å². The van der Waals surface area contributed by atoms with Crippen LogP contribution in [-0.2, 0) is 12.8 Å². The Bertz CT molecular complexity index is 1170. The highest BCUT2D eigenvalue weighted by atomic mass is 32.1. The largest absolute Gasteiger partial charge is 0.317 e. The monoisotopic (exact) mass is 489 g/mol. The Labute approximate surface area is 210 Å². The summed E-state index contributed by atoms with van der Waals surface area (Å²) in [4.78, 5) is 34.8. The molecule has 182 valence electrons. The van der Waals surface area contributed by atoms with Gasteiger partial charge < -0.3 is 10.2 Å². The smallest absolute Gasteiger partial charge is 0.276 e. The number of hydrogen-bond donors (Lipinski definition) is 2. The molecule has 2 aromatic rings. The number of rotatable bonds is 6. The second-order valence-corrected chi connectivity index (χ2v) is 10.3. The lowest BCUT2D eigenvalue weighted by Crippen LogP contribution is -2.33. The molecule has 0 radical (unpaired) electrons. The lowest BCUT2D eigenvalue weighted by molar-refractivity contribution is 0.0799. The van der Waals surface area contributed by atoms with E-state index < -0.39 is 0 Å². The third-order valence-corrected chi connectivity index (χ3v) is 7.82. The quantitative estimate of drug-likeness (QED) is 0.480. The van der Waals surface area contributed by atoms with Crippen molar-refractivity contribution in [3.05, 3.63) is 87.6 Å². The molecule has 2 amide bonds. The summed E-state index contributed by atoms with van der Waals surface area (Å²) in [6.07, 6.45) is 10.8. The van der Waals surface area contributed by atoms with Crippen molar-refractivity contribution in [2.75, 3.05) is 32.7 Å². The summed E-state index contributed by atoms with van der Waals surface area (Å²) in [5.74, 6) is 0.264. The van der Waals surface area contributed by atoms with Gasteiger partial charge in [-0.05, 0) is 62.2 Å². The molecule has 2 saturated heterocycles. The molecule has 0 aliphatic carbocycles. The number of carbonyl (C=O) groups excluding carboxylic acids is 2. The molecular formula is C27H31N5O2S. The zero-order chi connectivity index (χ0) is 24.2. The second kappa shape index (κ2) is 10.7. The minimum absolute atomic E-state index is 0.0514. The molecule has 5 rings (SSSR count).